The molecule has 5 nitrogen and oxygen atoms in total. The Morgan fingerprint density at radius 2 is 2.22 bits per heavy atom. The van der Waals surface area contributed by atoms with E-state index in [1.54, 1.807) is 4.90 Å². The van der Waals surface area contributed by atoms with E-state index in [1.807, 2.05) is 40.1 Å². The third-order valence-electron chi connectivity index (χ3n) is 3.90. The fourth-order valence-electron chi connectivity index (χ4n) is 2.73. The van der Waals surface area contributed by atoms with Crippen LogP contribution < -0.4 is 0 Å². The molecule has 1 aromatic heterocycles. The zero-order valence-electron chi connectivity index (χ0n) is 14.4. The van der Waals surface area contributed by atoms with Crippen LogP contribution in [0, 0.1) is 0 Å². The van der Waals surface area contributed by atoms with Gasteiger partial charge in [0.2, 0.25) is 0 Å². The number of hydrogen-bond donors (Lipinski definition) is 0. The van der Waals surface area contributed by atoms with Gasteiger partial charge < -0.3 is 9.64 Å². The van der Waals surface area contributed by atoms with E-state index >= 15 is 0 Å². The van der Waals surface area contributed by atoms with Crippen LogP contribution in [0.2, 0.25) is 0 Å². The van der Waals surface area contributed by atoms with Crippen LogP contribution in [-0.2, 0) is 11.3 Å². The summed E-state index contributed by atoms with van der Waals surface area (Å²) in [5.74, 6) is 0. The highest BCUT2D eigenvalue weighted by Gasteiger charge is 2.29. The Labute approximate surface area is 147 Å². The van der Waals surface area contributed by atoms with Gasteiger partial charge in [0, 0.05) is 32.4 Å². The minimum atomic E-state index is -0.456. The van der Waals surface area contributed by atoms with Crippen molar-refractivity contribution < 1.29 is 9.53 Å². The lowest BCUT2D eigenvalue weighted by Gasteiger charge is -2.38. The summed E-state index contributed by atoms with van der Waals surface area (Å²) in [6.07, 6.45) is 3.76. The molecule has 0 bridgehead atoms. The molecular formula is C17H26BrN3O2. The van der Waals surface area contributed by atoms with Crippen LogP contribution in [0.1, 0.15) is 39.2 Å². The lowest BCUT2D eigenvalue weighted by Crippen LogP contribution is -2.49. The van der Waals surface area contributed by atoms with Crippen LogP contribution in [0.5, 0.6) is 0 Å². The summed E-state index contributed by atoms with van der Waals surface area (Å²) in [4.78, 5) is 20.6. The van der Waals surface area contributed by atoms with Crippen molar-refractivity contribution in [1.82, 2.24) is 14.8 Å². The molecule has 1 aliphatic heterocycles. The highest BCUT2D eigenvalue weighted by molar-refractivity contribution is 9.10. The third-order valence-corrected chi connectivity index (χ3v) is 4.37. The van der Waals surface area contributed by atoms with Crippen molar-refractivity contribution >= 4 is 22.0 Å². The van der Waals surface area contributed by atoms with E-state index < -0.39 is 5.60 Å². The van der Waals surface area contributed by atoms with Gasteiger partial charge in [0.05, 0.1) is 0 Å². The van der Waals surface area contributed by atoms with E-state index in [1.165, 1.54) is 5.56 Å². The normalized spacial score (nSPS) is 19.4. The molecule has 23 heavy (non-hydrogen) atoms. The summed E-state index contributed by atoms with van der Waals surface area (Å²) < 4.78 is 6.32. The second kappa shape index (κ2) is 7.62. The van der Waals surface area contributed by atoms with Crippen LogP contribution in [0.3, 0.4) is 0 Å². The fraction of sp³-hybridized carbons (Fsp3) is 0.647. The fourth-order valence-corrected chi connectivity index (χ4v) is 2.97. The molecule has 1 aromatic rings. The van der Waals surface area contributed by atoms with Gasteiger partial charge in [0.15, 0.2) is 0 Å². The average molecular weight is 384 g/mol. The van der Waals surface area contributed by atoms with Gasteiger partial charge in [-0.25, -0.2) is 9.78 Å². The van der Waals surface area contributed by atoms with Crippen LogP contribution in [0.15, 0.2) is 22.9 Å². The van der Waals surface area contributed by atoms with Crippen LogP contribution in [-0.4, -0.2) is 52.7 Å². The first-order chi connectivity index (χ1) is 10.7. The van der Waals surface area contributed by atoms with E-state index in [0.29, 0.717) is 0 Å². The van der Waals surface area contributed by atoms with Crippen molar-refractivity contribution in [3.63, 3.8) is 0 Å². The lowest BCUT2D eigenvalue weighted by molar-refractivity contribution is 0.0130. The Morgan fingerprint density at radius 1 is 1.48 bits per heavy atom. The van der Waals surface area contributed by atoms with Gasteiger partial charge in [-0.05, 0) is 67.7 Å². The quantitative estimate of drug-likeness (QED) is 0.746. The molecule has 0 N–H and O–H groups in total. The highest BCUT2D eigenvalue weighted by Crippen LogP contribution is 2.19. The molecule has 128 valence electrons. The number of carbonyl (C=O) groups is 1. The molecule has 1 amide bonds. The second-order valence-electron chi connectivity index (χ2n) is 7.11. The molecule has 0 saturated carbocycles. The van der Waals surface area contributed by atoms with Gasteiger partial charge >= 0.3 is 6.09 Å². The Balaban J connectivity index is 1.92. The predicted octanol–water partition coefficient (Wildman–Crippen LogP) is 3.68. The second-order valence-corrected chi connectivity index (χ2v) is 7.92. The zero-order valence-corrected chi connectivity index (χ0v) is 16.0. The van der Waals surface area contributed by atoms with Gasteiger partial charge in [0.25, 0.3) is 0 Å². The van der Waals surface area contributed by atoms with Gasteiger partial charge in [-0.3, -0.25) is 4.90 Å². The molecule has 1 atom stereocenters. The summed E-state index contributed by atoms with van der Waals surface area (Å²) in [6, 6.07) is 4.24. The first-order valence-electron chi connectivity index (χ1n) is 8.03. The number of carbonyl (C=O) groups excluding carboxylic acids is 1. The number of amides is 1. The monoisotopic (exact) mass is 383 g/mol. The standard InChI is InChI=1S/C17H26BrN3O2/c1-17(2,3)23-16(22)20(4)14-6-5-9-21(12-14)11-13-7-8-15(18)19-10-13/h7-8,10,14H,5-6,9,11-12H2,1-4H3. The van der Waals surface area contributed by atoms with Crippen molar-refractivity contribution in [3.8, 4) is 0 Å². The number of likely N-dealkylation sites (N-methyl/N-ethyl adjacent to an activating group) is 1. The first-order valence-corrected chi connectivity index (χ1v) is 8.82. The van der Waals surface area contributed by atoms with Gasteiger partial charge in [0.1, 0.15) is 10.2 Å². The number of hydrogen-bond acceptors (Lipinski definition) is 4. The van der Waals surface area contributed by atoms with Crippen molar-refractivity contribution in [3.05, 3.63) is 28.5 Å². The molecule has 0 aromatic carbocycles. The molecule has 2 rings (SSSR count). The minimum absolute atomic E-state index is 0.196. The summed E-state index contributed by atoms with van der Waals surface area (Å²) in [7, 11) is 1.84. The van der Waals surface area contributed by atoms with Crippen molar-refractivity contribution in [2.75, 3.05) is 20.1 Å². The topological polar surface area (TPSA) is 45.7 Å². The Hall–Kier alpha value is -1.14. The first kappa shape index (κ1) is 18.2. The third kappa shape index (κ3) is 5.77. The smallest absolute Gasteiger partial charge is 0.410 e. The van der Waals surface area contributed by atoms with Crippen LogP contribution in [0.4, 0.5) is 4.79 Å². The van der Waals surface area contributed by atoms with Gasteiger partial charge in [-0.15, -0.1) is 0 Å². The molecule has 1 unspecified atom stereocenters. The van der Waals surface area contributed by atoms with Crippen LogP contribution >= 0.6 is 15.9 Å². The Kier molecular flexibility index (Phi) is 6.03. The molecule has 2 heterocycles. The Bertz CT molecular complexity index is 528. The maximum absolute atomic E-state index is 12.2. The number of rotatable bonds is 3. The summed E-state index contributed by atoms with van der Waals surface area (Å²) >= 11 is 3.36. The molecule has 0 aliphatic carbocycles. The molecule has 6 heteroatoms. The van der Waals surface area contributed by atoms with E-state index in [-0.39, 0.29) is 12.1 Å². The van der Waals surface area contributed by atoms with Crippen molar-refractivity contribution in [1.29, 1.82) is 0 Å². The maximum Gasteiger partial charge on any atom is 0.410 e. The number of halogens is 1. The number of piperidine rings is 1. The summed E-state index contributed by atoms with van der Waals surface area (Å²) in [5.41, 5.74) is 0.733. The van der Waals surface area contributed by atoms with Gasteiger partial charge in [-0.2, -0.15) is 0 Å². The van der Waals surface area contributed by atoms with Crippen molar-refractivity contribution in [2.45, 2.75) is 51.8 Å². The highest BCUT2D eigenvalue weighted by atomic mass is 79.9. The number of ether oxygens (including phenoxy) is 1. The van der Waals surface area contributed by atoms with E-state index in [0.717, 1.165) is 37.1 Å². The zero-order chi connectivity index (χ0) is 17.0. The SMILES string of the molecule is CN(C(=O)OC(C)(C)C)C1CCCN(Cc2ccc(Br)nc2)C1. The minimum Gasteiger partial charge on any atom is -0.444 e. The average Bonchev–Trinajstić information content (AvgIpc) is 2.47. The van der Waals surface area contributed by atoms with Crippen molar-refractivity contribution in [2.24, 2.45) is 0 Å². The summed E-state index contributed by atoms with van der Waals surface area (Å²) in [6.45, 7) is 8.46. The number of aromatic nitrogens is 1. The molecular weight excluding hydrogens is 358 g/mol. The number of pyridine rings is 1. The molecule has 0 radical (unpaired) electrons. The molecule has 1 fully saturated rings. The van der Waals surface area contributed by atoms with Gasteiger partial charge in [-0.1, -0.05) is 6.07 Å². The number of nitrogens with zero attached hydrogens (tertiary/aromatic N) is 3. The predicted molar refractivity (Wildman–Crippen MR) is 94.2 cm³/mol. The Morgan fingerprint density at radius 3 is 2.83 bits per heavy atom. The maximum atomic E-state index is 12.2. The largest absolute Gasteiger partial charge is 0.444 e. The van der Waals surface area contributed by atoms with Crippen LogP contribution in [0.25, 0.3) is 0 Å². The number of likely N-dealkylation sites (tertiary alicyclic amines) is 1. The van der Waals surface area contributed by atoms with E-state index in [2.05, 4.69) is 31.9 Å². The lowest BCUT2D eigenvalue weighted by atomic mass is 10.0. The van der Waals surface area contributed by atoms with E-state index in [9.17, 15) is 4.79 Å². The van der Waals surface area contributed by atoms with E-state index in [4.69, 9.17) is 4.74 Å². The summed E-state index contributed by atoms with van der Waals surface area (Å²) in [5, 5.41) is 0. The molecule has 1 aliphatic rings. The molecule has 0 spiro atoms. The molecule has 1 saturated heterocycles.